The van der Waals surface area contributed by atoms with Crippen molar-refractivity contribution in [3.63, 3.8) is 0 Å². The predicted molar refractivity (Wildman–Crippen MR) is 97.4 cm³/mol. The zero-order chi connectivity index (χ0) is 16.9. The highest BCUT2D eigenvalue weighted by atomic mass is 79.9. The number of nitrogens with one attached hydrogen (secondary N) is 1. The van der Waals surface area contributed by atoms with Gasteiger partial charge in [0.15, 0.2) is 5.82 Å². The Morgan fingerprint density at radius 2 is 1.88 bits per heavy atom. The van der Waals surface area contributed by atoms with Crippen molar-refractivity contribution >= 4 is 45.1 Å². The van der Waals surface area contributed by atoms with E-state index in [1.54, 1.807) is 18.2 Å². The summed E-state index contributed by atoms with van der Waals surface area (Å²) < 4.78 is 6.45. The van der Waals surface area contributed by atoms with Gasteiger partial charge in [0.25, 0.3) is 0 Å². The molecule has 0 amide bonds. The van der Waals surface area contributed by atoms with Gasteiger partial charge in [-0.1, -0.05) is 29.8 Å². The van der Waals surface area contributed by atoms with Crippen molar-refractivity contribution in [3.8, 4) is 5.75 Å². The lowest BCUT2D eigenvalue weighted by Crippen LogP contribution is -2.09. The number of anilines is 3. The first-order chi connectivity index (χ1) is 11.6. The van der Waals surface area contributed by atoms with Crippen LogP contribution in [0.1, 0.15) is 5.82 Å². The Labute approximate surface area is 152 Å². The minimum Gasteiger partial charge on any atom is -0.484 e. The van der Waals surface area contributed by atoms with Crippen molar-refractivity contribution in [2.24, 2.45) is 0 Å². The summed E-state index contributed by atoms with van der Waals surface area (Å²) in [5.74, 6) is 1.54. The van der Waals surface area contributed by atoms with Gasteiger partial charge in [-0.3, -0.25) is 0 Å². The largest absolute Gasteiger partial charge is 0.484 e. The van der Waals surface area contributed by atoms with Crippen molar-refractivity contribution in [1.82, 2.24) is 15.0 Å². The third-order valence-corrected chi connectivity index (χ3v) is 3.83. The van der Waals surface area contributed by atoms with Crippen LogP contribution < -0.4 is 15.8 Å². The maximum absolute atomic E-state index is 5.91. The minimum atomic E-state index is 0.122. The SMILES string of the molecule is Nc1nc(COc2ccc(Cl)cc2Br)nc(Nc2ccccc2)n1. The maximum Gasteiger partial charge on any atom is 0.232 e. The van der Waals surface area contributed by atoms with Gasteiger partial charge in [-0.15, -0.1) is 0 Å². The lowest BCUT2D eigenvalue weighted by molar-refractivity contribution is 0.294. The molecule has 0 saturated heterocycles. The van der Waals surface area contributed by atoms with Gasteiger partial charge >= 0.3 is 0 Å². The van der Waals surface area contributed by atoms with Crippen LogP contribution in [0.3, 0.4) is 0 Å². The molecule has 0 spiro atoms. The van der Waals surface area contributed by atoms with Crippen LogP contribution in [0.2, 0.25) is 5.02 Å². The van der Waals surface area contributed by atoms with Gasteiger partial charge in [-0.25, -0.2) is 0 Å². The Bertz CT molecular complexity index is 847. The number of nitrogens with zero attached hydrogens (tertiary/aromatic N) is 3. The molecule has 0 bridgehead atoms. The van der Waals surface area contributed by atoms with Crippen LogP contribution >= 0.6 is 27.5 Å². The highest BCUT2D eigenvalue weighted by molar-refractivity contribution is 9.10. The zero-order valence-electron chi connectivity index (χ0n) is 12.4. The molecule has 0 aliphatic rings. The fraction of sp³-hybridized carbons (Fsp3) is 0.0625. The predicted octanol–water partition coefficient (Wildman–Crippen LogP) is 4.19. The minimum absolute atomic E-state index is 0.122. The molecule has 0 radical (unpaired) electrons. The first-order valence-electron chi connectivity index (χ1n) is 7.00. The van der Waals surface area contributed by atoms with Crippen molar-refractivity contribution in [3.05, 3.63) is 63.9 Å². The van der Waals surface area contributed by atoms with E-state index in [2.05, 4.69) is 36.2 Å². The second kappa shape index (κ2) is 7.46. The van der Waals surface area contributed by atoms with E-state index in [1.807, 2.05) is 30.3 Å². The fourth-order valence-electron chi connectivity index (χ4n) is 1.94. The Morgan fingerprint density at radius 3 is 2.62 bits per heavy atom. The van der Waals surface area contributed by atoms with Crippen molar-refractivity contribution < 1.29 is 4.74 Å². The molecule has 3 N–H and O–H groups in total. The Kier molecular flexibility index (Phi) is 5.12. The summed E-state index contributed by atoms with van der Waals surface area (Å²) in [6.07, 6.45) is 0. The number of hydrogen-bond acceptors (Lipinski definition) is 6. The number of para-hydroxylation sites is 1. The third kappa shape index (κ3) is 4.33. The third-order valence-electron chi connectivity index (χ3n) is 2.98. The van der Waals surface area contributed by atoms with Gasteiger partial charge in [-0.05, 0) is 46.3 Å². The second-order valence-electron chi connectivity index (χ2n) is 4.79. The smallest absolute Gasteiger partial charge is 0.232 e. The van der Waals surface area contributed by atoms with Crippen LogP contribution in [0, 0.1) is 0 Å². The van der Waals surface area contributed by atoms with Crippen LogP contribution in [-0.2, 0) is 6.61 Å². The summed E-state index contributed by atoms with van der Waals surface area (Å²) in [5.41, 5.74) is 6.60. The van der Waals surface area contributed by atoms with E-state index in [0.717, 1.165) is 10.2 Å². The Balaban J connectivity index is 1.74. The van der Waals surface area contributed by atoms with Crippen molar-refractivity contribution in [1.29, 1.82) is 0 Å². The molecule has 3 aromatic rings. The molecular weight excluding hydrogens is 394 g/mol. The van der Waals surface area contributed by atoms with Crippen LogP contribution in [0.25, 0.3) is 0 Å². The Hall–Kier alpha value is -2.38. The van der Waals surface area contributed by atoms with Gasteiger partial charge in [-0.2, -0.15) is 15.0 Å². The number of ether oxygens (including phenoxy) is 1. The standard InChI is InChI=1S/C16H13BrClN5O/c17-12-8-10(18)6-7-13(12)24-9-14-21-15(19)23-16(22-14)20-11-4-2-1-3-5-11/h1-8H,9H2,(H3,19,20,21,22,23). The average Bonchev–Trinajstić information content (AvgIpc) is 2.54. The lowest BCUT2D eigenvalue weighted by Gasteiger charge is -2.09. The summed E-state index contributed by atoms with van der Waals surface area (Å²) in [6.45, 7) is 0.149. The highest BCUT2D eigenvalue weighted by Gasteiger charge is 2.08. The normalized spacial score (nSPS) is 10.4. The van der Waals surface area contributed by atoms with E-state index in [-0.39, 0.29) is 12.6 Å². The van der Waals surface area contributed by atoms with Gasteiger partial charge in [0, 0.05) is 10.7 Å². The lowest BCUT2D eigenvalue weighted by atomic mass is 10.3. The number of nitrogen functional groups attached to an aromatic ring is 1. The topological polar surface area (TPSA) is 86.0 Å². The van der Waals surface area contributed by atoms with Crippen molar-refractivity contribution in [2.75, 3.05) is 11.1 Å². The molecule has 122 valence electrons. The molecule has 0 saturated carbocycles. The van der Waals surface area contributed by atoms with Gasteiger partial charge < -0.3 is 15.8 Å². The highest BCUT2D eigenvalue weighted by Crippen LogP contribution is 2.28. The molecule has 0 fully saturated rings. The number of nitrogens with two attached hydrogens (primary N) is 1. The summed E-state index contributed by atoms with van der Waals surface area (Å²) in [4.78, 5) is 12.5. The molecule has 0 aliphatic heterocycles. The molecule has 0 aliphatic carbocycles. The van der Waals surface area contributed by atoms with E-state index < -0.39 is 0 Å². The average molecular weight is 407 g/mol. The van der Waals surface area contributed by atoms with E-state index in [4.69, 9.17) is 22.1 Å². The van der Waals surface area contributed by atoms with Gasteiger partial charge in [0.05, 0.1) is 4.47 Å². The quantitative estimate of drug-likeness (QED) is 0.660. The molecule has 1 heterocycles. The number of rotatable bonds is 5. The molecule has 24 heavy (non-hydrogen) atoms. The number of benzene rings is 2. The number of hydrogen-bond donors (Lipinski definition) is 2. The molecule has 0 atom stereocenters. The molecule has 3 rings (SSSR count). The molecule has 8 heteroatoms. The van der Waals surface area contributed by atoms with E-state index >= 15 is 0 Å². The summed E-state index contributed by atoms with van der Waals surface area (Å²) >= 11 is 9.30. The van der Waals surface area contributed by atoms with Crippen LogP contribution in [0.5, 0.6) is 5.75 Å². The number of aromatic nitrogens is 3. The van der Waals surface area contributed by atoms with E-state index in [1.165, 1.54) is 0 Å². The van der Waals surface area contributed by atoms with Crippen molar-refractivity contribution in [2.45, 2.75) is 6.61 Å². The zero-order valence-corrected chi connectivity index (χ0v) is 14.8. The molecule has 1 aromatic heterocycles. The monoisotopic (exact) mass is 405 g/mol. The maximum atomic E-state index is 5.91. The van der Waals surface area contributed by atoms with Crippen LogP contribution in [0.15, 0.2) is 53.0 Å². The summed E-state index contributed by atoms with van der Waals surface area (Å²) in [6, 6.07) is 14.8. The molecule has 2 aromatic carbocycles. The van der Waals surface area contributed by atoms with Gasteiger partial charge in [0.1, 0.15) is 12.4 Å². The first-order valence-corrected chi connectivity index (χ1v) is 8.17. The Morgan fingerprint density at radius 1 is 1.08 bits per heavy atom. The van der Waals surface area contributed by atoms with Crippen LogP contribution in [0.4, 0.5) is 17.6 Å². The van der Waals surface area contributed by atoms with Gasteiger partial charge in [0.2, 0.25) is 11.9 Å². The fourth-order valence-corrected chi connectivity index (χ4v) is 2.74. The summed E-state index contributed by atoms with van der Waals surface area (Å²) in [7, 11) is 0. The molecule has 6 nitrogen and oxygen atoms in total. The first kappa shape index (κ1) is 16.5. The molecule has 0 unspecified atom stereocenters. The summed E-state index contributed by atoms with van der Waals surface area (Å²) in [5, 5.41) is 3.70. The molecular formula is C16H13BrClN5O. The van der Waals surface area contributed by atoms with Crippen LogP contribution in [-0.4, -0.2) is 15.0 Å². The van der Waals surface area contributed by atoms with E-state index in [0.29, 0.717) is 22.5 Å². The number of halogens is 2. The van der Waals surface area contributed by atoms with E-state index in [9.17, 15) is 0 Å². The second-order valence-corrected chi connectivity index (χ2v) is 6.08.